The molecule has 6 heteroatoms. The molecule has 5 nitrogen and oxygen atoms in total. The predicted molar refractivity (Wildman–Crippen MR) is 77.1 cm³/mol. The number of nitrogens with zero attached hydrogens (tertiary/aromatic N) is 2. The van der Waals surface area contributed by atoms with Crippen LogP contribution in [0.1, 0.15) is 36.0 Å². The molecule has 1 aliphatic heterocycles. The van der Waals surface area contributed by atoms with Gasteiger partial charge in [0, 0.05) is 36.2 Å². The molecule has 1 aromatic rings. The van der Waals surface area contributed by atoms with Crippen LogP contribution in [0, 0.1) is 10.1 Å². The molecule has 0 aromatic heterocycles. The number of rotatable bonds is 4. The monoisotopic (exact) mass is 296 g/mol. The Kier molecular flexibility index (Phi) is 4.95. The van der Waals surface area contributed by atoms with E-state index in [1.54, 1.807) is 12.1 Å². The summed E-state index contributed by atoms with van der Waals surface area (Å²) in [5, 5.41) is 10.8. The number of carbonyl (C=O) groups excluding carboxylic acids is 1. The van der Waals surface area contributed by atoms with E-state index in [0.29, 0.717) is 18.0 Å². The minimum Gasteiger partial charge on any atom is -0.336 e. The van der Waals surface area contributed by atoms with Crippen LogP contribution in [0.15, 0.2) is 24.3 Å². The molecular weight excluding hydrogens is 280 g/mol. The van der Waals surface area contributed by atoms with Gasteiger partial charge in [0.1, 0.15) is 0 Å². The van der Waals surface area contributed by atoms with E-state index in [0.717, 1.165) is 25.7 Å². The van der Waals surface area contributed by atoms with Gasteiger partial charge in [-0.05, 0) is 31.7 Å². The Labute approximate surface area is 122 Å². The summed E-state index contributed by atoms with van der Waals surface area (Å²) in [5.74, 6) is 0.382. The van der Waals surface area contributed by atoms with E-state index in [2.05, 4.69) is 0 Å². The lowest BCUT2D eigenvalue weighted by molar-refractivity contribution is -0.384. The molecule has 1 fully saturated rings. The molecule has 1 atom stereocenters. The number of hydrogen-bond acceptors (Lipinski definition) is 3. The van der Waals surface area contributed by atoms with Crippen LogP contribution in [0.25, 0.3) is 0 Å². The van der Waals surface area contributed by atoms with E-state index in [1.165, 1.54) is 12.1 Å². The SMILES string of the molecule is O=C(c1cccc([N+](=O)[O-])c1)N1CCCCC1CCCl. The quantitative estimate of drug-likeness (QED) is 0.487. The summed E-state index contributed by atoms with van der Waals surface area (Å²) in [6, 6.07) is 6.05. The fourth-order valence-corrected chi connectivity index (χ4v) is 2.86. The van der Waals surface area contributed by atoms with Crippen molar-refractivity contribution in [3.8, 4) is 0 Å². The average molecular weight is 297 g/mol. The van der Waals surface area contributed by atoms with Crippen LogP contribution in [-0.2, 0) is 0 Å². The lowest BCUT2D eigenvalue weighted by Gasteiger charge is -2.35. The third-order valence-corrected chi connectivity index (χ3v) is 3.85. The summed E-state index contributed by atoms with van der Waals surface area (Å²) >= 11 is 5.79. The van der Waals surface area contributed by atoms with Crippen molar-refractivity contribution in [2.45, 2.75) is 31.7 Å². The Balaban J connectivity index is 2.20. The van der Waals surface area contributed by atoms with Gasteiger partial charge in [-0.2, -0.15) is 0 Å². The first-order valence-corrected chi connectivity index (χ1v) is 7.28. The van der Waals surface area contributed by atoms with E-state index >= 15 is 0 Å². The number of carbonyl (C=O) groups is 1. The van der Waals surface area contributed by atoms with E-state index < -0.39 is 4.92 Å². The molecule has 1 saturated heterocycles. The highest BCUT2D eigenvalue weighted by Gasteiger charge is 2.27. The molecule has 2 rings (SSSR count). The number of likely N-dealkylation sites (tertiary alicyclic amines) is 1. The molecule has 1 aromatic carbocycles. The van der Waals surface area contributed by atoms with Gasteiger partial charge in [0.05, 0.1) is 4.92 Å². The maximum Gasteiger partial charge on any atom is 0.270 e. The number of hydrogen-bond donors (Lipinski definition) is 0. The number of benzene rings is 1. The summed E-state index contributed by atoms with van der Waals surface area (Å²) in [6.45, 7) is 0.698. The summed E-state index contributed by atoms with van der Waals surface area (Å²) in [4.78, 5) is 24.6. The topological polar surface area (TPSA) is 63.4 Å². The Morgan fingerprint density at radius 3 is 2.95 bits per heavy atom. The zero-order chi connectivity index (χ0) is 14.5. The van der Waals surface area contributed by atoms with Crippen molar-refractivity contribution in [2.24, 2.45) is 0 Å². The molecule has 0 radical (unpaired) electrons. The van der Waals surface area contributed by atoms with Gasteiger partial charge in [-0.15, -0.1) is 11.6 Å². The van der Waals surface area contributed by atoms with Crippen LogP contribution in [0.4, 0.5) is 5.69 Å². The zero-order valence-electron chi connectivity index (χ0n) is 11.1. The third kappa shape index (κ3) is 3.28. The van der Waals surface area contributed by atoms with Gasteiger partial charge in [-0.3, -0.25) is 14.9 Å². The molecule has 1 heterocycles. The number of nitro groups is 1. The van der Waals surface area contributed by atoms with Crippen LogP contribution < -0.4 is 0 Å². The van der Waals surface area contributed by atoms with Crippen molar-refractivity contribution < 1.29 is 9.72 Å². The van der Waals surface area contributed by atoms with Gasteiger partial charge in [0.2, 0.25) is 0 Å². The van der Waals surface area contributed by atoms with Gasteiger partial charge in [-0.25, -0.2) is 0 Å². The second-order valence-electron chi connectivity index (χ2n) is 4.93. The molecule has 1 unspecified atom stereocenters. The summed E-state index contributed by atoms with van der Waals surface area (Å²) in [5.41, 5.74) is 0.322. The average Bonchev–Trinajstić information content (AvgIpc) is 2.47. The Morgan fingerprint density at radius 2 is 2.25 bits per heavy atom. The highest BCUT2D eigenvalue weighted by Crippen LogP contribution is 2.23. The number of amides is 1. The van der Waals surface area contributed by atoms with Gasteiger partial charge in [-0.1, -0.05) is 6.07 Å². The third-order valence-electron chi connectivity index (χ3n) is 3.63. The molecule has 20 heavy (non-hydrogen) atoms. The molecule has 0 aliphatic carbocycles. The second-order valence-corrected chi connectivity index (χ2v) is 5.31. The van der Waals surface area contributed by atoms with Crippen molar-refractivity contribution >= 4 is 23.2 Å². The van der Waals surface area contributed by atoms with E-state index in [1.807, 2.05) is 4.90 Å². The summed E-state index contributed by atoms with van der Waals surface area (Å²) < 4.78 is 0. The van der Waals surface area contributed by atoms with Gasteiger partial charge in [0.25, 0.3) is 11.6 Å². The van der Waals surface area contributed by atoms with Crippen LogP contribution in [0.3, 0.4) is 0 Å². The van der Waals surface area contributed by atoms with Crippen LogP contribution in [0.2, 0.25) is 0 Å². The van der Waals surface area contributed by atoms with Crippen molar-refractivity contribution in [2.75, 3.05) is 12.4 Å². The summed E-state index contributed by atoms with van der Waals surface area (Å²) in [7, 11) is 0. The minimum atomic E-state index is -0.483. The Morgan fingerprint density at radius 1 is 1.45 bits per heavy atom. The lowest BCUT2D eigenvalue weighted by Crippen LogP contribution is -2.43. The molecule has 1 amide bonds. The molecule has 0 N–H and O–H groups in total. The predicted octanol–water partition coefficient (Wildman–Crippen LogP) is 3.22. The van der Waals surface area contributed by atoms with Gasteiger partial charge >= 0.3 is 0 Å². The van der Waals surface area contributed by atoms with Gasteiger partial charge in [0.15, 0.2) is 0 Å². The number of halogens is 1. The smallest absolute Gasteiger partial charge is 0.270 e. The molecular formula is C14H17ClN2O3. The second kappa shape index (κ2) is 6.70. The fraction of sp³-hybridized carbons (Fsp3) is 0.500. The van der Waals surface area contributed by atoms with Crippen molar-refractivity contribution in [3.63, 3.8) is 0 Å². The van der Waals surface area contributed by atoms with E-state index in [-0.39, 0.29) is 17.6 Å². The first kappa shape index (κ1) is 14.8. The first-order valence-electron chi connectivity index (χ1n) is 6.75. The highest BCUT2D eigenvalue weighted by atomic mass is 35.5. The maximum atomic E-state index is 12.5. The van der Waals surface area contributed by atoms with Crippen molar-refractivity contribution in [1.29, 1.82) is 0 Å². The van der Waals surface area contributed by atoms with E-state index in [9.17, 15) is 14.9 Å². The van der Waals surface area contributed by atoms with Crippen LogP contribution in [0.5, 0.6) is 0 Å². The molecule has 0 saturated carbocycles. The lowest BCUT2D eigenvalue weighted by atomic mass is 9.98. The molecule has 1 aliphatic rings. The normalized spacial score (nSPS) is 18.9. The maximum absolute atomic E-state index is 12.5. The molecule has 108 valence electrons. The molecule has 0 spiro atoms. The Hall–Kier alpha value is -1.62. The number of piperidine rings is 1. The number of alkyl halides is 1. The highest BCUT2D eigenvalue weighted by molar-refractivity contribution is 6.17. The van der Waals surface area contributed by atoms with Crippen LogP contribution in [-0.4, -0.2) is 34.2 Å². The number of nitro benzene ring substituents is 1. The molecule has 0 bridgehead atoms. The Bertz CT molecular complexity index is 505. The zero-order valence-corrected chi connectivity index (χ0v) is 11.9. The largest absolute Gasteiger partial charge is 0.336 e. The first-order chi connectivity index (χ1) is 9.63. The fourth-order valence-electron chi connectivity index (χ4n) is 2.61. The van der Waals surface area contributed by atoms with Gasteiger partial charge < -0.3 is 4.90 Å². The van der Waals surface area contributed by atoms with E-state index in [4.69, 9.17) is 11.6 Å². The van der Waals surface area contributed by atoms with Crippen molar-refractivity contribution in [1.82, 2.24) is 4.90 Å². The van der Waals surface area contributed by atoms with Crippen LogP contribution >= 0.6 is 11.6 Å². The number of non-ortho nitro benzene ring substituents is 1. The standard InChI is InChI=1S/C14H17ClN2O3/c15-8-7-12-5-1-2-9-16(12)14(18)11-4-3-6-13(10-11)17(19)20/h3-4,6,10,12H,1-2,5,7-9H2. The summed E-state index contributed by atoms with van der Waals surface area (Å²) in [6.07, 6.45) is 3.79. The van der Waals surface area contributed by atoms with Crippen molar-refractivity contribution in [3.05, 3.63) is 39.9 Å². The minimum absolute atomic E-state index is 0.0539.